The first-order chi connectivity index (χ1) is 12.6. The molecule has 130 valence electrons. The van der Waals surface area contributed by atoms with Crippen LogP contribution in [0.3, 0.4) is 0 Å². The van der Waals surface area contributed by atoms with Crippen molar-refractivity contribution in [1.82, 2.24) is 10.2 Å². The molecule has 0 radical (unpaired) electrons. The number of anilines is 1. The van der Waals surface area contributed by atoms with E-state index in [0.717, 1.165) is 16.9 Å². The first kappa shape index (κ1) is 17.3. The summed E-state index contributed by atoms with van der Waals surface area (Å²) >= 11 is 0. The van der Waals surface area contributed by atoms with Gasteiger partial charge in [-0.1, -0.05) is 35.7 Å². The highest BCUT2D eigenvalue weighted by Crippen LogP contribution is 2.22. The molecule has 0 saturated carbocycles. The SMILES string of the molecule is C#CCOc1ccc(N(C)C(=O)c2cc(-c3ccc(C)cc3)n[nH]2)cc1. The lowest BCUT2D eigenvalue weighted by atomic mass is 10.1. The van der Waals surface area contributed by atoms with Crippen molar-refractivity contribution < 1.29 is 9.53 Å². The molecule has 0 aliphatic rings. The number of aromatic amines is 1. The Morgan fingerprint density at radius 3 is 2.54 bits per heavy atom. The van der Waals surface area contributed by atoms with Crippen LogP contribution in [0.25, 0.3) is 11.3 Å². The molecule has 1 aromatic heterocycles. The number of carbonyl (C=O) groups is 1. The van der Waals surface area contributed by atoms with Crippen LogP contribution in [0, 0.1) is 19.3 Å². The van der Waals surface area contributed by atoms with Gasteiger partial charge in [-0.3, -0.25) is 9.89 Å². The zero-order valence-electron chi connectivity index (χ0n) is 14.7. The van der Waals surface area contributed by atoms with Crippen LogP contribution in [0.2, 0.25) is 0 Å². The number of aryl methyl sites for hydroxylation is 1. The van der Waals surface area contributed by atoms with E-state index >= 15 is 0 Å². The van der Waals surface area contributed by atoms with E-state index in [9.17, 15) is 4.79 Å². The second kappa shape index (κ2) is 7.58. The van der Waals surface area contributed by atoms with Gasteiger partial charge in [0.05, 0.1) is 5.69 Å². The summed E-state index contributed by atoms with van der Waals surface area (Å²) in [6, 6.07) is 16.9. The summed E-state index contributed by atoms with van der Waals surface area (Å²) in [7, 11) is 1.71. The Hall–Kier alpha value is -3.52. The minimum atomic E-state index is -0.173. The summed E-state index contributed by atoms with van der Waals surface area (Å²) in [4.78, 5) is 14.3. The van der Waals surface area contributed by atoms with Gasteiger partial charge in [0.15, 0.2) is 0 Å². The molecule has 0 bridgehead atoms. The Balaban J connectivity index is 1.74. The first-order valence-corrected chi connectivity index (χ1v) is 8.15. The second-order valence-electron chi connectivity index (χ2n) is 5.88. The number of rotatable bonds is 5. The zero-order chi connectivity index (χ0) is 18.5. The van der Waals surface area contributed by atoms with Crippen molar-refractivity contribution >= 4 is 11.6 Å². The fourth-order valence-electron chi connectivity index (χ4n) is 2.49. The van der Waals surface area contributed by atoms with Crippen LogP contribution in [-0.2, 0) is 0 Å². The summed E-state index contributed by atoms with van der Waals surface area (Å²) in [5, 5.41) is 7.07. The summed E-state index contributed by atoms with van der Waals surface area (Å²) in [5.74, 6) is 2.90. The molecular formula is C21H19N3O2. The molecule has 0 unspecified atom stereocenters. The summed E-state index contributed by atoms with van der Waals surface area (Å²) in [5.41, 5.74) is 4.05. The van der Waals surface area contributed by atoms with Crippen LogP contribution in [0.15, 0.2) is 54.6 Å². The Bertz CT molecular complexity index is 935. The fraction of sp³-hybridized carbons (Fsp3) is 0.143. The minimum absolute atomic E-state index is 0.173. The lowest BCUT2D eigenvalue weighted by Gasteiger charge is -2.16. The number of nitrogens with zero attached hydrogens (tertiary/aromatic N) is 2. The zero-order valence-corrected chi connectivity index (χ0v) is 14.7. The summed E-state index contributed by atoms with van der Waals surface area (Å²) in [6.45, 7) is 2.24. The quantitative estimate of drug-likeness (QED) is 0.718. The summed E-state index contributed by atoms with van der Waals surface area (Å²) < 4.78 is 5.34. The van der Waals surface area contributed by atoms with Crippen molar-refractivity contribution in [2.45, 2.75) is 6.92 Å². The third-order valence-corrected chi connectivity index (χ3v) is 4.01. The number of H-pyrrole nitrogens is 1. The Kier molecular flexibility index (Phi) is 5.04. The fourth-order valence-corrected chi connectivity index (χ4v) is 2.49. The van der Waals surface area contributed by atoms with Crippen LogP contribution < -0.4 is 9.64 Å². The predicted octanol–water partition coefficient (Wildman–Crippen LogP) is 3.67. The number of hydrogen-bond acceptors (Lipinski definition) is 3. The van der Waals surface area contributed by atoms with Gasteiger partial charge in [-0.2, -0.15) is 5.10 Å². The number of amides is 1. The third-order valence-electron chi connectivity index (χ3n) is 4.01. The lowest BCUT2D eigenvalue weighted by molar-refractivity contribution is 0.0988. The maximum absolute atomic E-state index is 12.7. The molecule has 3 rings (SSSR count). The lowest BCUT2D eigenvalue weighted by Crippen LogP contribution is -2.26. The van der Waals surface area contributed by atoms with E-state index in [4.69, 9.17) is 11.2 Å². The molecule has 0 saturated heterocycles. The van der Waals surface area contributed by atoms with Gasteiger partial charge in [-0.25, -0.2) is 0 Å². The Morgan fingerprint density at radius 1 is 1.19 bits per heavy atom. The number of benzene rings is 2. The van der Waals surface area contributed by atoms with Gasteiger partial charge >= 0.3 is 0 Å². The van der Waals surface area contributed by atoms with Crippen molar-refractivity contribution in [2.24, 2.45) is 0 Å². The Labute approximate surface area is 152 Å². The highest BCUT2D eigenvalue weighted by molar-refractivity contribution is 6.04. The maximum Gasteiger partial charge on any atom is 0.276 e. The molecule has 1 heterocycles. The Morgan fingerprint density at radius 2 is 1.88 bits per heavy atom. The predicted molar refractivity (Wildman–Crippen MR) is 102 cm³/mol. The van der Waals surface area contributed by atoms with E-state index in [0.29, 0.717) is 11.4 Å². The van der Waals surface area contributed by atoms with Crippen LogP contribution in [0.5, 0.6) is 5.75 Å². The molecule has 0 aliphatic heterocycles. The molecule has 3 aromatic rings. The van der Waals surface area contributed by atoms with Gasteiger partial charge < -0.3 is 9.64 Å². The number of nitrogens with one attached hydrogen (secondary N) is 1. The molecule has 0 atom stereocenters. The van der Waals surface area contributed by atoms with E-state index in [1.165, 1.54) is 5.56 Å². The van der Waals surface area contributed by atoms with Crippen molar-refractivity contribution in [3.05, 3.63) is 65.9 Å². The number of aromatic nitrogens is 2. The van der Waals surface area contributed by atoms with E-state index in [2.05, 4.69) is 16.1 Å². The molecule has 1 N–H and O–H groups in total. The highest BCUT2D eigenvalue weighted by atomic mass is 16.5. The molecule has 26 heavy (non-hydrogen) atoms. The topological polar surface area (TPSA) is 58.2 Å². The molecular weight excluding hydrogens is 326 g/mol. The van der Waals surface area contributed by atoms with E-state index in [1.54, 1.807) is 42.3 Å². The molecule has 1 amide bonds. The van der Waals surface area contributed by atoms with Crippen LogP contribution in [0.1, 0.15) is 16.1 Å². The van der Waals surface area contributed by atoms with Crippen molar-refractivity contribution in [3.8, 4) is 29.4 Å². The standard InChI is InChI=1S/C21H19N3O2/c1-4-13-26-18-11-9-17(10-12-18)24(3)21(25)20-14-19(22-23-20)16-7-5-15(2)6-8-16/h1,5-12,14H,13H2,2-3H3,(H,22,23). The van der Waals surface area contributed by atoms with E-state index < -0.39 is 0 Å². The molecule has 0 spiro atoms. The van der Waals surface area contributed by atoms with Gasteiger partial charge in [0, 0.05) is 18.3 Å². The average molecular weight is 345 g/mol. The largest absolute Gasteiger partial charge is 0.481 e. The van der Waals surface area contributed by atoms with Gasteiger partial charge in [-0.05, 0) is 37.3 Å². The smallest absolute Gasteiger partial charge is 0.276 e. The number of terminal acetylenes is 1. The van der Waals surface area contributed by atoms with Crippen LogP contribution in [0.4, 0.5) is 5.69 Å². The minimum Gasteiger partial charge on any atom is -0.481 e. The third kappa shape index (κ3) is 3.76. The van der Waals surface area contributed by atoms with E-state index in [1.807, 2.05) is 31.2 Å². The molecule has 5 nitrogen and oxygen atoms in total. The molecule has 5 heteroatoms. The molecule has 0 aliphatic carbocycles. The maximum atomic E-state index is 12.7. The average Bonchev–Trinajstić information content (AvgIpc) is 3.16. The van der Waals surface area contributed by atoms with Crippen LogP contribution in [-0.4, -0.2) is 29.8 Å². The highest BCUT2D eigenvalue weighted by Gasteiger charge is 2.17. The van der Waals surface area contributed by atoms with Gasteiger partial charge in [0.25, 0.3) is 5.91 Å². The number of hydrogen-bond donors (Lipinski definition) is 1. The number of carbonyl (C=O) groups excluding carboxylic acids is 1. The number of ether oxygens (including phenoxy) is 1. The second-order valence-corrected chi connectivity index (χ2v) is 5.88. The first-order valence-electron chi connectivity index (χ1n) is 8.15. The molecule has 2 aromatic carbocycles. The van der Waals surface area contributed by atoms with Crippen LogP contribution >= 0.6 is 0 Å². The summed E-state index contributed by atoms with van der Waals surface area (Å²) in [6.07, 6.45) is 5.17. The molecule has 0 fully saturated rings. The van der Waals surface area contributed by atoms with Gasteiger partial charge in [-0.15, -0.1) is 6.42 Å². The van der Waals surface area contributed by atoms with Gasteiger partial charge in [0.2, 0.25) is 0 Å². The van der Waals surface area contributed by atoms with Gasteiger partial charge in [0.1, 0.15) is 18.1 Å². The van der Waals surface area contributed by atoms with Crippen molar-refractivity contribution in [2.75, 3.05) is 18.6 Å². The van der Waals surface area contributed by atoms with Crippen molar-refractivity contribution in [1.29, 1.82) is 0 Å². The van der Waals surface area contributed by atoms with E-state index in [-0.39, 0.29) is 12.5 Å². The monoisotopic (exact) mass is 345 g/mol. The van der Waals surface area contributed by atoms with Crippen molar-refractivity contribution in [3.63, 3.8) is 0 Å². The normalized spacial score (nSPS) is 10.2.